The van der Waals surface area contributed by atoms with E-state index >= 15 is 0 Å². The number of carbonyl (C=O) groups is 1. The first-order valence-electron chi connectivity index (χ1n) is 4.94. The molecule has 0 aliphatic heterocycles. The molecule has 0 spiro atoms. The van der Waals surface area contributed by atoms with Crippen molar-refractivity contribution in [1.29, 1.82) is 0 Å². The molecule has 0 unspecified atom stereocenters. The number of hydrogen-bond donors (Lipinski definition) is 2. The summed E-state index contributed by atoms with van der Waals surface area (Å²) < 4.78 is 0.765. The zero-order chi connectivity index (χ0) is 12.2. The van der Waals surface area contributed by atoms with Crippen molar-refractivity contribution in [2.24, 2.45) is 5.41 Å². The molecule has 16 heavy (non-hydrogen) atoms. The van der Waals surface area contributed by atoms with Gasteiger partial charge < -0.3 is 10.4 Å². The lowest BCUT2D eigenvalue weighted by atomic mass is 9.95. The lowest BCUT2D eigenvalue weighted by molar-refractivity contribution is 0.0910. The molecular formula is C11H15BrN2O2. The van der Waals surface area contributed by atoms with Crippen molar-refractivity contribution in [2.45, 2.75) is 13.8 Å². The first kappa shape index (κ1) is 13.1. The summed E-state index contributed by atoms with van der Waals surface area (Å²) in [6.07, 6.45) is 3.13. The average molecular weight is 287 g/mol. The number of rotatable bonds is 4. The Bertz CT molecular complexity index is 380. The van der Waals surface area contributed by atoms with Crippen LogP contribution in [0.25, 0.3) is 0 Å². The lowest BCUT2D eigenvalue weighted by Crippen LogP contribution is -2.36. The summed E-state index contributed by atoms with van der Waals surface area (Å²) in [5.41, 5.74) is 0.192. The number of carbonyl (C=O) groups excluding carboxylic acids is 1. The van der Waals surface area contributed by atoms with Crippen molar-refractivity contribution >= 4 is 21.8 Å². The zero-order valence-corrected chi connectivity index (χ0v) is 10.9. The van der Waals surface area contributed by atoms with Gasteiger partial charge in [-0.25, -0.2) is 0 Å². The van der Waals surface area contributed by atoms with Crippen LogP contribution in [-0.4, -0.2) is 29.1 Å². The topological polar surface area (TPSA) is 62.2 Å². The molecule has 1 aromatic rings. The summed E-state index contributed by atoms with van der Waals surface area (Å²) in [4.78, 5) is 15.6. The summed E-state index contributed by atoms with van der Waals surface area (Å²) in [6, 6.07) is 1.70. The van der Waals surface area contributed by atoms with Crippen LogP contribution in [0, 0.1) is 5.41 Å². The molecule has 0 saturated carbocycles. The molecule has 0 atom stereocenters. The van der Waals surface area contributed by atoms with Crippen LogP contribution in [0.1, 0.15) is 24.2 Å². The molecule has 0 bridgehead atoms. The Labute approximate surface area is 103 Å². The summed E-state index contributed by atoms with van der Waals surface area (Å²) in [6.45, 7) is 4.22. The van der Waals surface area contributed by atoms with E-state index in [4.69, 9.17) is 5.11 Å². The molecule has 0 radical (unpaired) electrons. The van der Waals surface area contributed by atoms with Gasteiger partial charge in [-0.1, -0.05) is 13.8 Å². The number of halogens is 1. The van der Waals surface area contributed by atoms with Gasteiger partial charge in [0.25, 0.3) is 5.91 Å². The fourth-order valence-electron chi connectivity index (χ4n) is 1.01. The summed E-state index contributed by atoms with van der Waals surface area (Å²) in [5, 5.41) is 11.8. The van der Waals surface area contributed by atoms with E-state index in [2.05, 4.69) is 26.2 Å². The molecule has 0 aliphatic carbocycles. The monoisotopic (exact) mass is 286 g/mol. The van der Waals surface area contributed by atoms with Gasteiger partial charge in [-0.2, -0.15) is 0 Å². The maximum Gasteiger partial charge on any atom is 0.252 e. The van der Waals surface area contributed by atoms with E-state index in [-0.39, 0.29) is 17.9 Å². The second-order valence-electron chi connectivity index (χ2n) is 4.40. The van der Waals surface area contributed by atoms with Crippen LogP contribution < -0.4 is 5.32 Å². The average Bonchev–Trinajstić information content (AvgIpc) is 2.26. The van der Waals surface area contributed by atoms with E-state index in [0.29, 0.717) is 12.1 Å². The molecule has 0 fully saturated rings. The van der Waals surface area contributed by atoms with Crippen LogP contribution in [0.15, 0.2) is 22.9 Å². The molecule has 2 N–H and O–H groups in total. The predicted octanol–water partition coefficient (Wildman–Crippen LogP) is 1.59. The van der Waals surface area contributed by atoms with Gasteiger partial charge in [0, 0.05) is 35.4 Å². The Kier molecular flexibility index (Phi) is 4.44. The third kappa shape index (κ3) is 3.90. The van der Waals surface area contributed by atoms with E-state index < -0.39 is 0 Å². The SMILES string of the molecule is CC(C)(CO)CNC(=O)c1cncc(Br)c1. The minimum Gasteiger partial charge on any atom is -0.396 e. The minimum absolute atomic E-state index is 0.0318. The summed E-state index contributed by atoms with van der Waals surface area (Å²) in [5.74, 6) is -0.185. The van der Waals surface area contributed by atoms with E-state index in [1.165, 1.54) is 6.20 Å². The molecular weight excluding hydrogens is 272 g/mol. The number of nitrogens with zero attached hydrogens (tertiary/aromatic N) is 1. The van der Waals surface area contributed by atoms with Crippen LogP contribution >= 0.6 is 15.9 Å². The number of hydrogen-bond acceptors (Lipinski definition) is 3. The summed E-state index contributed by atoms with van der Waals surface area (Å²) >= 11 is 3.25. The fourth-order valence-corrected chi connectivity index (χ4v) is 1.38. The molecule has 88 valence electrons. The Morgan fingerprint density at radius 3 is 2.81 bits per heavy atom. The normalized spacial score (nSPS) is 11.2. The maximum absolute atomic E-state index is 11.7. The Morgan fingerprint density at radius 1 is 1.56 bits per heavy atom. The number of aromatic nitrogens is 1. The standard InChI is InChI=1S/C11H15BrN2O2/c1-11(2,7-15)6-14-10(16)8-3-9(12)5-13-4-8/h3-5,15H,6-7H2,1-2H3,(H,14,16). The molecule has 0 aromatic carbocycles. The van der Waals surface area contributed by atoms with Crippen molar-refractivity contribution in [3.63, 3.8) is 0 Å². The Hall–Kier alpha value is -0.940. The first-order valence-corrected chi connectivity index (χ1v) is 5.73. The molecule has 4 nitrogen and oxygen atoms in total. The van der Waals surface area contributed by atoms with Gasteiger partial charge in [0.2, 0.25) is 0 Å². The number of aliphatic hydroxyl groups excluding tert-OH is 1. The smallest absolute Gasteiger partial charge is 0.252 e. The molecule has 1 heterocycles. The van der Waals surface area contributed by atoms with E-state index in [9.17, 15) is 4.79 Å². The van der Waals surface area contributed by atoms with Gasteiger partial charge in [0.05, 0.1) is 5.56 Å². The number of nitrogens with one attached hydrogen (secondary N) is 1. The van der Waals surface area contributed by atoms with Crippen LogP contribution in [0.4, 0.5) is 0 Å². The van der Waals surface area contributed by atoms with Crippen LogP contribution in [0.5, 0.6) is 0 Å². The molecule has 1 rings (SSSR count). The largest absolute Gasteiger partial charge is 0.396 e. The third-order valence-corrected chi connectivity index (χ3v) is 2.56. The van der Waals surface area contributed by atoms with Crippen molar-refractivity contribution in [3.05, 3.63) is 28.5 Å². The fraction of sp³-hybridized carbons (Fsp3) is 0.455. The van der Waals surface area contributed by atoms with E-state index in [0.717, 1.165) is 4.47 Å². The first-order chi connectivity index (χ1) is 7.44. The quantitative estimate of drug-likeness (QED) is 0.884. The second-order valence-corrected chi connectivity index (χ2v) is 5.31. The Morgan fingerprint density at radius 2 is 2.25 bits per heavy atom. The molecule has 1 aromatic heterocycles. The number of aliphatic hydroxyl groups is 1. The molecule has 0 saturated heterocycles. The van der Waals surface area contributed by atoms with Crippen molar-refractivity contribution < 1.29 is 9.90 Å². The van der Waals surface area contributed by atoms with Crippen molar-refractivity contribution in [3.8, 4) is 0 Å². The highest BCUT2D eigenvalue weighted by molar-refractivity contribution is 9.10. The van der Waals surface area contributed by atoms with Crippen LogP contribution in [0.3, 0.4) is 0 Å². The van der Waals surface area contributed by atoms with E-state index in [1.807, 2.05) is 13.8 Å². The van der Waals surface area contributed by atoms with Crippen molar-refractivity contribution in [2.75, 3.05) is 13.2 Å². The Balaban J connectivity index is 2.60. The molecule has 0 aliphatic rings. The second kappa shape index (κ2) is 5.41. The predicted molar refractivity (Wildman–Crippen MR) is 65.1 cm³/mol. The minimum atomic E-state index is -0.310. The van der Waals surface area contributed by atoms with Crippen LogP contribution in [0.2, 0.25) is 0 Å². The third-order valence-electron chi connectivity index (χ3n) is 2.12. The highest BCUT2D eigenvalue weighted by atomic mass is 79.9. The molecule has 5 heteroatoms. The van der Waals surface area contributed by atoms with Gasteiger partial charge in [-0.15, -0.1) is 0 Å². The maximum atomic E-state index is 11.7. The lowest BCUT2D eigenvalue weighted by Gasteiger charge is -2.21. The molecule has 1 amide bonds. The zero-order valence-electron chi connectivity index (χ0n) is 9.33. The van der Waals surface area contributed by atoms with Gasteiger partial charge in [-0.3, -0.25) is 9.78 Å². The van der Waals surface area contributed by atoms with Crippen LogP contribution in [-0.2, 0) is 0 Å². The van der Waals surface area contributed by atoms with Gasteiger partial charge >= 0.3 is 0 Å². The van der Waals surface area contributed by atoms with Gasteiger partial charge in [0.1, 0.15) is 0 Å². The number of pyridine rings is 1. The van der Waals surface area contributed by atoms with Gasteiger partial charge in [-0.05, 0) is 22.0 Å². The highest BCUT2D eigenvalue weighted by Crippen LogP contribution is 2.13. The van der Waals surface area contributed by atoms with Crippen molar-refractivity contribution in [1.82, 2.24) is 10.3 Å². The van der Waals surface area contributed by atoms with Gasteiger partial charge in [0.15, 0.2) is 0 Å². The highest BCUT2D eigenvalue weighted by Gasteiger charge is 2.18. The number of amides is 1. The van der Waals surface area contributed by atoms with E-state index in [1.54, 1.807) is 12.3 Å². The summed E-state index contributed by atoms with van der Waals surface area (Å²) in [7, 11) is 0.